The van der Waals surface area contributed by atoms with E-state index in [4.69, 9.17) is 11.6 Å². The lowest BCUT2D eigenvalue weighted by Crippen LogP contribution is -1.88. The molecule has 0 saturated carbocycles. The quantitative estimate of drug-likeness (QED) is 0.223. The Kier molecular flexibility index (Phi) is 4.62. The van der Waals surface area contributed by atoms with Crippen LogP contribution in [0.3, 0.4) is 0 Å². The van der Waals surface area contributed by atoms with Gasteiger partial charge in [-0.25, -0.2) is 0 Å². The van der Waals surface area contributed by atoms with Crippen molar-refractivity contribution in [2.75, 3.05) is 0 Å². The number of rotatable bonds is 2. The number of halogens is 1. The maximum Gasteiger partial charge on any atom is 0.0406 e. The predicted molar refractivity (Wildman–Crippen MR) is 152 cm³/mol. The van der Waals surface area contributed by atoms with Gasteiger partial charge in [0.2, 0.25) is 0 Å². The Hall–Kier alpha value is -4.13. The largest absolute Gasteiger partial charge is 0.0843 e. The molecule has 1 heteroatoms. The fourth-order valence-electron chi connectivity index (χ4n) is 5.44. The standard InChI is InChI=1S/C34H21Cl/c35-26-16-13-22(14-17-26)23-15-18-28-25(19-23)21-34(32-12-6-4-10-30(28)32)33-20-24-7-1-2-8-27(24)29-9-3-5-11-31(29)33/h1-21H. The molecule has 164 valence electrons. The van der Waals surface area contributed by atoms with E-state index in [0.717, 1.165) is 5.02 Å². The SMILES string of the molecule is Clc1ccc(-c2ccc3c(c2)cc(-c2cc4ccccc4c4ccccc24)c2ccccc23)cc1. The van der Waals surface area contributed by atoms with Crippen molar-refractivity contribution in [1.82, 2.24) is 0 Å². The second-order valence-electron chi connectivity index (χ2n) is 9.10. The highest BCUT2D eigenvalue weighted by Gasteiger charge is 2.13. The van der Waals surface area contributed by atoms with E-state index in [2.05, 4.69) is 115 Å². The summed E-state index contributed by atoms with van der Waals surface area (Å²) in [6.45, 7) is 0. The lowest BCUT2D eigenvalue weighted by Gasteiger charge is -2.16. The van der Waals surface area contributed by atoms with Crippen LogP contribution in [-0.4, -0.2) is 0 Å². The van der Waals surface area contributed by atoms with Gasteiger partial charge >= 0.3 is 0 Å². The highest BCUT2D eigenvalue weighted by molar-refractivity contribution is 6.30. The number of hydrogen-bond donors (Lipinski definition) is 0. The summed E-state index contributed by atoms with van der Waals surface area (Å²) in [5.41, 5.74) is 4.90. The van der Waals surface area contributed by atoms with Crippen LogP contribution in [-0.2, 0) is 0 Å². The smallest absolute Gasteiger partial charge is 0.0406 e. The van der Waals surface area contributed by atoms with E-state index < -0.39 is 0 Å². The maximum atomic E-state index is 6.14. The van der Waals surface area contributed by atoms with E-state index in [1.54, 1.807) is 0 Å². The van der Waals surface area contributed by atoms with Gasteiger partial charge in [-0.15, -0.1) is 0 Å². The molecule has 0 bridgehead atoms. The predicted octanol–water partition coefficient (Wildman–Crippen LogP) is 10.3. The average molecular weight is 465 g/mol. The number of benzene rings is 7. The van der Waals surface area contributed by atoms with Gasteiger partial charge in [0.15, 0.2) is 0 Å². The van der Waals surface area contributed by atoms with Crippen molar-refractivity contribution in [3.05, 3.63) is 132 Å². The third-order valence-corrected chi connectivity index (χ3v) is 7.35. The molecule has 0 saturated heterocycles. The van der Waals surface area contributed by atoms with Crippen molar-refractivity contribution < 1.29 is 0 Å². The van der Waals surface area contributed by atoms with Crippen molar-refractivity contribution in [1.29, 1.82) is 0 Å². The van der Waals surface area contributed by atoms with Crippen molar-refractivity contribution in [2.45, 2.75) is 0 Å². The van der Waals surface area contributed by atoms with Crippen LogP contribution in [0.15, 0.2) is 127 Å². The Balaban J connectivity index is 1.58. The number of hydrogen-bond acceptors (Lipinski definition) is 0. The summed E-state index contributed by atoms with van der Waals surface area (Å²) in [5.74, 6) is 0. The summed E-state index contributed by atoms with van der Waals surface area (Å²) in [4.78, 5) is 0. The molecule has 7 aromatic carbocycles. The zero-order valence-electron chi connectivity index (χ0n) is 19.0. The third kappa shape index (κ3) is 3.30. The van der Waals surface area contributed by atoms with Gasteiger partial charge in [0.1, 0.15) is 0 Å². The van der Waals surface area contributed by atoms with E-state index >= 15 is 0 Å². The van der Waals surface area contributed by atoms with Gasteiger partial charge in [-0.3, -0.25) is 0 Å². The summed E-state index contributed by atoms with van der Waals surface area (Å²) in [5, 5.41) is 11.0. The molecule has 0 unspecified atom stereocenters. The molecule has 0 aliphatic heterocycles. The summed E-state index contributed by atoms with van der Waals surface area (Å²) in [6, 6.07) is 45.8. The lowest BCUT2D eigenvalue weighted by atomic mass is 9.88. The Morgan fingerprint density at radius 1 is 0.343 bits per heavy atom. The molecule has 0 radical (unpaired) electrons. The summed E-state index contributed by atoms with van der Waals surface area (Å²) >= 11 is 6.14. The van der Waals surface area contributed by atoms with Gasteiger partial charge in [0.25, 0.3) is 0 Å². The molecule has 7 rings (SSSR count). The number of fused-ring (bicyclic) bond motifs is 6. The van der Waals surface area contributed by atoms with Crippen LogP contribution >= 0.6 is 11.6 Å². The first-order valence-corrected chi connectivity index (χ1v) is 12.3. The Morgan fingerprint density at radius 2 is 0.829 bits per heavy atom. The molecular weight excluding hydrogens is 444 g/mol. The zero-order valence-corrected chi connectivity index (χ0v) is 19.8. The van der Waals surface area contributed by atoms with Gasteiger partial charge in [-0.1, -0.05) is 109 Å². The minimum absolute atomic E-state index is 0.756. The molecular formula is C34H21Cl. The van der Waals surface area contributed by atoms with Crippen molar-refractivity contribution in [3.8, 4) is 22.3 Å². The molecule has 35 heavy (non-hydrogen) atoms. The minimum Gasteiger partial charge on any atom is -0.0843 e. The van der Waals surface area contributed by atoms with Crippen LogP contribution < -0.4 is 0 Å². The monoisotopic (exact) mass is 464 g/mol. The first-order valence-electron chi connectivity index (χ1n) is 11.9. The molecule has 0 amide bonds. The van der Waals surface area contributed by atoms with Crippen molar-refractivity contribution in [2.24, 2.45) is 0 Å². The summed E-state index contributed by atoms with van der Waals surface area (Å²) < 4.78 is 0. The van der Waals surface area contributed by atoms with Gasteiger partial charge in [-0.2, -0.15) is 0 Å². The van der Waals surface area contributed by atoms with E-state index in [1.165, 1.54) is 65.3 Å². The zero-order chi connectivity index (χ0) is 23.4. The third-order valence-electron chi connectivity index (χ3n) is 7.09. The van der Waals surface area contributed by atoms with Gasteiger partial charge < -0.3 is 0 Å². The fourth-order valence-corrected chi connectivity index (χ4v) is 5.56. The Labute approximate surface area is 209 Å². The normalized spacial score (nSPS) is 11.6. The highest BCUT2D eigenvalue weighted by atomic mass is 35.5. The molecule has 0 aliphatic carbocycles. The molecule has 0 nitrogen and oxygen atoms in total. The highest BCUT2D eigenvalue weighted by Crippen LogP contribution is 2.41. The minimum atomic E-state index is 0.756. The molecule has 0 atom stereocenters. The Bertz CT molecular complexity index is 1900. The van der Waals surface area contributed by atoms with E-state index in [-0.39, 0.29) is 0 Å². The molecule has 0 aromatic heterocycles. The molecule has 0 aliphatic rings. The van der Waals surface area contributed by atoms with Crippen LogP contribution in [0.2, 0.25) is 5.02 Å². The van der Waals surface area contributed by atoms with E-state index in [9.17, 15) is 0 Å². The lowest BCUT2D eigenvalue weighted by molar-refractivity contribution is 1.64. The summed E-state index contributed by atoms with van der Waals surface area (Å²) in [7, 11) is 0. The second kappa shape index (κ2) is 7.98. The topological polar surface area (TPSA) is 0 Å². The molecule has 0 heterocycles. The van der Waals surface area contributed by atoms with Crippen LogP contribution in [0.4, 0.5) is 0 Å². The molecule has 0 fully saturated rings. The van der Waals surface area contributed by atoms with Crippen LogP contribution in [0, 0.1) is 0 Å². The van der Waals surface area contributed by atoms with Crippen LogP contribution in [0.25, 0.3) is 65.3 Å². The molecule has 0 N–H and O–H groups in total. The molecule has 0 spiro atoms. The van der Waals surface area contributed by atoms with Crippen LogP contribution in [0.5, 0.6) is 0 Å². The van der Waals surface area contributed by atoms with Crippen LogP contribution in [0.1, 0.15) is 0 Å². The van der Waals surface area contributed by atoms with Crippen molar-refractivity contribution in [3.63, 3.8) is 0 Å². The van der Waals surface area contributed by atoms with E-state index in [0.29, 0.717) is 0 Å². The molecule has 7 aromatic rings. The maximum absolute atomic E-state index is 6.14. The van der Waals surface area contributed by atoms with Gasteiger partial charge in [0, 0.05) is 5.02 Å². The Morgan fingerprint density at radius 3 is 1.49 bits per heavy atom. The first kappa shape index (κ1) is 20.3. The van der Waals surface area contributed by atoms with Gasteiger partial charge in [0.05, 0.1) is 0 Å². The second-order valence-corrected chi connectivity index (χ2v) is 9.54. The first-order chi connectivity index (χ1) is 17.3. The van der Waals surface area contributed by atoms with Gasteiger partial charge in [-0.05, 0) is 95.7 Å². The fraction of sp³-hybridized carbons (Fsp3) is 0. The van der Waals surface area contributed by atoms with E-state index in [1.807, 2.05) is 12.1 Å². The van der Waals surface area contributed by atoms with Crippen molar-refractivity contribution >= 4 is 54.7 Å². The summed E-state index contributed by atoms with van der Waals surface area (Å²) in [6.07, 6.45) is 0. The average Bonchev–Trinajstić information content (AvgIpc) is 2.92.